The summed E-state index contributed by atoms with van der Waals surface area (Å²) in [5.41, 5.74) is 7.92. The molecule has 1 aromatic heterocycles. The Balaban J connectivity index is 2.14. The first-order valence-corrected chi connectivity index (χ1v) is 5.77. The van der Waals surface area contributed by atoms with Crippen molar-refractivity contribution in [1.82, 2.24) is 9.88 Å². The molecular formula is C12H20N4. The standard InChI is InChI=1S/C12H20N4/c1-15(2)10-5-7-16(9-10)12-4-3-6-14-11(12)8-13/h3-4,6,10H,5,7-9,13H2,1-2H3. The molecule has 0 amide bonds. The Morgan fingerprint density at radius 1 is 1.56 bits per heavy atom. The fourth-order valence-corrected chi connectivity index (χ4v) is 2.26. The molecule has 0 aliphatic carbocycles. The zero-order valence-electron chi connectivity index (χ0n) is 10.1. The maximum atomic E-state index is 5.71. The van der Waals surface area contributed by atoms with Crippen LogP contribution < -0.4 is 10.6 Å². The molecule has 0 saturated carbocycles. The van der Waals surface area contributed by atoms with E-state index in [1.165, 1.54) is 12.1 Å². The van der Waals surface area contributed by atoms with Crippen LogP contribution in [0.15, 0.2) is 18.3 Å². The van der Waals surface area contributed by atoms with Crippen LogP contribution in [0.1, 0.15) is 12.1 Å². The van der Waals surface area contributed by atoms with E-state index in [2.05, 4.69) is 34.9 Å². The fourth-order valence-electron chi connectivity index (χ4n) is 2.26. The van der Waals surface area contributed by atoms with Gasteiger partial charge in [0.25, 0.3) is 0 Å². The SMILES string of the molecule is CN(C)C1CCN(c2cccnc2CN)C1. The molecular weight excluding hydrogens is 200 g/mol. The molecule has 2 heterocycles. The molecule has 1 saturated heterocycles. The van der Waals surface area contributed by atoms with Crippen molar-refractivity contribution in [3.8, 4) is 0 Å². The van der Waals surface area contributed by atoms with Gasteiger partial charge in [-0.25, -0.2) is 0 Å². The van der Waals surface area contributed by atoms with Gasteiger partial charge in [-0.05, 0) is 32.6 Å². The lowest BCUT2D eigenvalue weighted by atomic mass is 10.2. The Labute approximate surface area is 97.1 Å². The summed E-state index contributed by atoms with van der Waals surface area (Å²) in [4.78, 5) is 9.01. The molecule has 1 aliphatic heterocycles. The summed E-state index contributed by atoms with van der Waals surface area (Å²) in [5.74, 6) is 0. The van der Waals surface area contributed by atoms with E-state index in [1.54, 1.807) is 0 Å². The Kier molecular flexibility index (Phi) is 3.41. The average Bonchev–Trinajstić information content (AvgIpc) is 2.78. The van der Waals surface area contributed by atoms with Gasteiger partial charge in [0, 0.05) is 31.9 Å². The zero-order chi connectivity index (χ0) is 11.5. The van der Waals surface area contributed by atoms with Gasteiger partial charge in [0.1, 0.15) is 0 Å². The Bertz CT molecular complexity index is 351. The third-order valence-corrected chi connectivity index (χ3v) is 3.29. The molecule has 1 fully saturated rings. The third-order valence-electron chi connectivity index (χ3n) is 3.29. The number of likely N-dealkylation sites (N-methyl/N-ethyl adjacent to an activating group) is 1. The highest BCUT2D eigenvalue weighted by Crippen LogP contribution is 2.24. The largest absolute Gasteiger partial charge is 0.368 e. The topological polar surface area (TPSA) is 45.4 Å². The van der Waals surface area contributed by atoms with Gasteiger partial charge in [-0.15, -0.1) is 0 Å². The molecule has 0 radical (unpaired) electrons. The molecule has 4 heteroatoms. The highest BCUT2D eigenvalue weighted by molar-refractivity contribution is 5.51. The summed E-state index contributed by atoms with van der Waals surface area (Å²) in [6.45, 7) is 2.69. The minimum absolute atomic E-state index is 0.513. The van der Waals surface area contributed by atoms with Crippen LogP contribution in [0.4, 0.5) is 5.69 Å². The number of hydrogen-bond acceptors (Lipinski definition) is 4. The van der Waals surface area contributed by atoms with Gasteiger partial charge in [-0.3, -0.25) is 4.98 Å². The number of anilines is 1. The molecule has 1 aromatic rings. The van der Waals surface area contributed by atoms with Crippen molar-refractivity contribution in [2.24, 2.45) is 5.73 Å². The maximum absolute atomic E-state index is 5.71. The van der Waals surface area contributed by atoms with Crippen molar-refractivity contribution in [2.75, 3.05) is 32.1 Å². The predicted molar refractivity (Wildman–Crippen MR) is 66.4 cm³/mol. The smallest absolute Gasteiger partial charge is 0.0772 e. The van der Waals surface area contributed by atoms with E-state index in [0.29, 0.717) is 12.6 Å². The van der Waals surface area contributed by atoms with Gasteiger partial charge < -0.3 is 15.5 Å². The number of nitrogens with zero attached hydrogens (tertiary/aromatic N) is 3. The molecule has 2 rings (SSSR count). The van der Waals surface area contributed by atoms with E-state index in [4.69, 9.17) is 5.73 Å². The second-order valence-electron chi connectivity index (χ2n) is 4.53. The monoisotopic (exact) mass is 220 g/mol. The normalized spacial score (nSPS) is 20.8. The van der Waals surface area contributed by atoms with Crippen molar-refractivity contribution in [2.45, 2.75) is 19.0 Å². The van der Waals surface area contributed by atoms with E-state index in [-0.39, 0.29) is 0 Å². The summed E-state index contributed by atoms with van der Waals surface area (Å²) >= 11 is 0. The number of hydrogen-bond donors (Lipinski definition) is 1. The summed E-state index contributed by atoms with van der Waals surface area (Å²) in [6.07, 6.45) is 3.02. The highest BCUT2D eigenvalue weighted by atomic mass is 15.2. The van der Waals surface area contributed by atoms with Crippen molar-refractivity contribution >= 4 is 5.69 Å². The van der Waals surface area contributed by atoms with Crippen LogP contribution in [-0.4, -0.2) is 43.1 Å². The predicted octanol–water partition coefficient (Wildman–Crippen LogP) is 0.681. The van der Waals surface area contributed by atoms with Crippen LogP contribution in [-0.2, 0) is 6.54 Å². The minimum atomic E-state index is 0.513. The van der Waals surface area contributed by atoms with Gasteiger partial charge in [0.2, 0.25) is 0 Å². The van der Waals surface area contributed by atoms with E-state index in [1.807, 2.05) is 12.3 Å². The summed E-state index contributed by atoms with van der Waals surface area (Å²) in [7, 11) is 4.28. The van der Waals surface area contributed by atoms with Gasteiger partial charge in [-0.1, -0.05) is 0 Å². The number of pyridine rings is 1. The van der Waals surface area contributed by atoms with Crippen molar-refractivity contribution in [3.05, 3.63) is 24.0 Å². The Hall–Kier alpha value is -1.13. The molecule has 1 unspecified atom stereocenters. The summed E-state index contributed by atoms with van der Waals surface area (Å²) in [6, 6.07) is 4.75. The molecule has 2 N–H and O–H groups in total. The first-order chi connectivity index (χ1) is 7.72. The van der Waals surface area contributed by atoms with E-state index < -0.39 is 0 Å². The fraction of sp³-hybridized carbons (Fsp3) is 0.583. The van der Waals surface area contributed by atoms with Gasteiger partial charge in [0.05, 0.1) is 11.4 Å². The molecule has 0 bridgehead atoms. The lowest BCUT2D eigenvalue weighted by molar-refractivity contribution is 0.315. The zero-order valence-corrected chi connectivity index (χ0v) is 10.1. The average molecular weight is 220 g/mol. The first kappa shape index (κ1) is 11.4. The molecule has 1 aliphatic rings. The minimum Gasteiger partial charge on any atom is -0.368 e. The van der Waals surface area contributed by atoms with E-state index in [9.17, 15) is 0 Å². The summed E-state index contributed by atoms with van der Waals surface area (Å²) < 4.78 is 0. The van der Waals surface area contributed by atoms with Crippen LogP contribution in [0.5, 0.6) is 0 Å². The van der Waals surface area contributed by atoms with Crippen LogP contribution in [0.25, 0.3) is 0 Å². The van der Waals surface area contributed by atoms with Gasteiger partial charge in [-0.2, -0.15) is 0 Å². The molecule has 1 atom stereocenters. The number of nitrogens with two attached hydrogens (primary N) is 1. The van der Waals surface area contributed by atoms with Gasteiger partial charge in [0.15, 0.2) is 0 Å². The van der Waals surface area contributed by atoms with E-state index in [0.717, 1.165) is 18.8 Å². The number of aromatic nitrogens is 1. The van der Waals surface area contributed by atoms with Crippen molar-refractivity contribution in [3.63, 3.8) is 0 Å². The molecule has 0 spiro atoms. The molecule has 4 nitrogen and oxygen atoms in total. The van der Waals surface area contributed by atoms with Crippen LogP contribution in [0.2, 0.25) is 0 Å². The molecule has 16 heavy (non-hydrogen) atoms. The summed E-state index contributed by atoms with van der Waals surface area (Å²) in [5, 5.41) is 0. The molecule has 88 valence electrons. The Morgan fingerprint density at radius 3 is 3.00 bits per heavy atom. The second-order valence-corrected chi connectivity index (χ2v) is 4.53. The van der Waals surface area contributed by atoms with Crippen LogP contribution >= 0.6 is 0 Å². The molecule has 0 aromatic carbocycles. The maximum Gasteiger partial charge on any atom is 0.0772 e. The van der Waals surface area contributed by atoms with Crippen molar-refractivity contribution < 1.29 is 0 Å². The lowest BCUT2D eigenvalue weighted by Gasteiger charge is -2.23. The van der Waals surface area contributed by atoms with Crippen LogP contribution in [0, 0.1) is 0 Å². The highest BCUT2D eigenvalue weighted by Gasteiger charge is 2.25. The number of rotatable bonds is 3. The third kappa shape index (κ3) is 2.18. The van der Waals surface area contributed by atoms with Crippen molar-refractivity contribution in [1.29, 1.82) is 0 Å². The van der Waals surface area contributed by atoms with E-state index >= 15 is 0 Å². The quantitative estimate of drug-likeness (QED) is 0.813. The second kappa shape index (κ2) is 4.80. The first-order valence-electron chi connectivity index (χ1n) is 5.77. The van der Waals surface area contributed by atoms with Crippen LogP contribution in [0.3, 0.4) is 0 Å². The lowest BCUT2D eigenvalue weighted by Crippen LogP contribution is -2.31. The van der Waals surface area contributed by atoms with Gasteiger partial charge >= 0.3 is 0 Å². The Morgan fingerprint density at radius 2 is 2.38 bits per heavy atom.